The van der Waals surface area contributed by atoms with E-state index in [0.29, 0.717) is 30.7 Å². The van der Waals surface area contributed by atoms with Crippen molar-refractivity contribution in [3.05, 3.63) is 46.5 Å². The molecule has 2 aromatic rings. The number of hydrogen-bond donors (Lipinski definition) is 1. The fourth-order valence-electron chi connectivity index (χ4n) is 6.19. The summed E-state index contributed by atoms with van der Waals surface area (Å²) in [6.45, 7) is 7.83. The monoisotopic (exact) mass is 478 g/mol. The summed E-state index contributed by atoms with van der Waals surface area (Å²) in [7, 11) is 0. The molecular formula is C24H32F2N4O4. The average molecular weight is 479 g/mol. The maximum atomic E-state index is 15.7. The summed E-state index contributed by atoms with van der Waals surface area (Å²) in [4.78, 5) is 29.2. The molecule has 10 heteroatoms. The molecule has 34 heavy (non-hydrogen) atoms. The lowest BCUT2D eigenvalue weighted by Crippen LogP contribution is -2.62. The minimum Gasteiger partial charge on any atom is -0.383 e. The van der Waals surface area contributed by atoms with Gasteiger partial charge in [0.2, 0.25) is 0 Å². The third-order valence-corrected chi connectivity index (χ3v) is 6.86. The molecule has 0 bridgehead atoms. The lowest BCUT2D eigenvalue weighted by Gasteiger charge is -2.51. The van der Waals surface area contributed by atoms with Crippen molar-refractivity contribution in [1.82, 2.24) is 19.6 Å². The predicted molar refractivity (Wildman–Crippen MR) is 119 cm³/mol. The molecule has 0 radical (unpaired) electrons. The number of nitrogens with zero attached hydrogens (tertiary/aromatic N) is 4. The average Bonchev–Trinajstić information content (AvgIpc) is 3.35. The third kappa shape index (κ3) is 4.64. The van der Waals surface area contributed by atoms with Crippen LogP contribution in [0.3, 0.4) is 0 Å². The first kappa shape index (κ1) is 24.5. The Bertz CT molecular complexity index is 1090. The molecule has 0 aromatic carbocycles. The molecule has 1 N–H and O–H groups in total. The highest BCUT2D eigenvalue weighted by Crippen LogP contribution is 2.55. The van der Waals surface area contributed by atoms with E-state index in [1.54, 1.807) is 16.8 Å². The van der Waals surface area contributed by atoms with Crippen LogP contribution in [-0.2, 0) is 11.3 Å². The van der Waals surface area contributed by atoms with Crippen LogP contribution in [-0.4, -0.2) is 48.7 Å². The number of amides is 1. The molecule has 186 valence electrons. The van der Waals surface area contributed by atoms with E-state index in [9.17, 15) is 14.7 Å². The number of aromatic nitrogens is 3. The van der Waals surface area contributed by atoms with Crippen molar-refractivity contribution < 1.29 is 23.2 Å². The lowest BCUT2D eigenvalue weighted by atomic mass is 9.58. The zero-order chi connectivity index (χ0) is 24.9. The molecule has 2 fully saturated rings. The zero-order valence-corrected chi connectivity index (χ0v) is 20.1. The molecule has 2 aliphatic rings. The summed E-state index contributed by atoms with van der Waals surface area (Å²) >= 11 is 0. The van der Waals surface area contributed by atoms with Crippen molar-refractivity contribution in [2.45, 2.75) is 83.9 Å². The number of hydrogen-bond acceptors (Lipinski definition) is 6. The van der Waals surface area contributed by atoms with Gasteiger partial charge >= 0.3 is 5.92 Å². The number of alkyl halides is 2. The van der Waals surface area contributed by atoms with Crippen LogP contribution in [0, 0.1) is 10.8 Å². The van der Waals surface area contributed by atoms with E-state index in [4.69, 9.17) is 4.52 Å². The molecule has 2 aromatic heterocycles. The van der Waals surface area contributed by atoms with Gasteiger partial charge in [0.25, 0.3) is 11.5 Å². The van der Waals surface area contributed by atoms with Crippen LogP contribution in [0.4, 0.5) is 8.78 Å². The Morgan fingerprint density at radius 2 is 1.91 bits per heavy atom. The first-order valence-electron chi connectivity index (χ1n) is 11.6. The van der Waals surface area contributed by atoms with Gasteiger partial charge in [-0.25, -0.2) is 0 Å². The van der Waals surface area contributed by atoms with Gasteiger partial charge in [-0.15, -0.1) is 0 Å². The van der Waals surface area contributed by atoms with E-state index in [-0.39, 0.29) is 31.5 Å². The van der Waals surface area contributed by atoms with Crippen LogP contribution >= 0.6 is 0 Å². The molecule has 1 saturated carbocycles. The second kappa shape index (κ2) is 8.25. The lowest BCUT2D eigenvalue weighted by molar-refractivity contribution is -0.231. The third-order valence-electron chi connectivity index (χ3n) is 6.86. The minimum absolute atomic E-state index is 0.151. The number of likely N-dealkylation sites (tertiary alicyclic amines) is 1. The van der Waals surface area contributed by atoms with Gasteiger partial charge in [0.05, 0.1) is 18.9 Å². The van der Waals surface area contributed by atoms with Gasteiger partial charge < -0.3 is 19.1 Å². The number of carbonyl (C=O) groups excluding carboxylic acids is 1. The molecule has 1 saturated heterocycles. The van der Waals surface area contributed by atoms with Gasteiger partial charge in [-0.2, -0.15) is 13.8 Å². The largest absolute Gasteiger partial charge is 0.383 e. The van der Waals surface area contributed by atoms with Crippen molar-refractivity contribution in [2.75, 3.05) is 6.54 Å². The maximum Gasteiger partial charge on any atom is 0.352 e. The fraction of sp³-hybridized carbons (Fsp3) is 0.667. The Labute approximate surface area is 197 Å². The molecule has 3 heterocycles. The van der Waals surface area contributed by atoms with E-state index in [1.807, 2.05) is 27.7 Å². The second-order valence-electron chi connectivity index (χ2n) is 11.4. The Morgan fingerprint density at radius 3 is 2.53 bits per heavy atom. The topological polar surface area (TPSA) is 101 Å². The summed E-state index contributed by atoms with van der Waals surface area (Å²) in [6, 6.07) is 2.29. The van der Waals surface area contributed by atoms with Crippen LogP contribution in [0.5, 0.6) is 0 Å². The Kier molecular flexibility index (Phi) is 5.95. The van der Waals surface area contributed by atoms with Gasteiger partial charge in [0.15, 0.2) is 5.76 Å². The van der Waals surface area contributed by atoms with E-state index < -0.39 is 34.3 Å². The smallest absolute Gasteiger partial charge is 0.352 e. The van der Waals surface area contributed by atoms with E-state index in [2.05, 4.69) is 10.1 Å². The maximum absolute atomic E-state index is 15.7. The number of halogens is 2. The van der Waals surface area contributed by atoms with Crippen LogP contribution < -0.4 is 5.56 Å². The van der Waals surface area contributed by atoms with E-state index in [0.717, 1.165) is 4.90 Å². The first-order chi connectivity index (χ1) is 15.7. The van der Waals surface area contributed by atoms with Crippen LogP contribution in [0.1, 0.15) is 77.3 Å². The van der Waals surface area contributed by atoms with E-state index >= 15 is 8.78 Å². The molecule has 0 spiro atoms. The molecule has 1 aliphatic carbocycles. The highest BCUT2D eigenvalue weighted by molar-refractivity contribution is 5.85. The zero-order valence-electron chi connectivity index (χ0n) is 20.1. The van der Waals surface area contributed by atoms with Gasteiger partial charge in [-0.05, 0) is 42.9 Å². The standard InChI is InChI=1S/C24H32F2N4O4/c1-21(2)12-22(3,4)14-23(33,13-21)24(25,26)20(32)30-8-5-6-18(30)17-10-16(34-28-17)11-29-9-7-19(31)27-15-29/h7,9-10,15,18,33H,5-6,8,11-14H2,1-4H3/t18-/m0/s1. The number of aliphatic hydroxyl groups is 1. The Balaban J connectivity index is 1.55. The minimum atomic E-state index is -3.93. The summed E-state index contributed by atoms with van der Waals surface area (Å²) in [6.07, 6.45) is 4.33. The van der Waals surface area contributed by atoms with Gasteiger partial charge in [-0.1, -0.05) is 32.9 Å². The van der Waals surface area contributed by atoms with Crippen molar-refractivity contribution in [1.29, 1.82) is 0 Å². The quantitative estimate of drug-likeness (QED) is 0.705. The van der Waals surface area contributed by atoms with Crippen molar-refractivity contribution in [3.8, 4) is 0 Å². The molecule has 4 rings (SSSR count). The van der Waals surface area contributed by atoms with Crippen LogP contribution in [0.25, 0.3) is 0 Å². The van der Waals surface area contributed by atoms with Crippen LogP contribution in [0.2, 0.25) is 0 Å². The Hall–Kier alpha value is -2.62. The van der Waals surface area contributed by atoms with Gasteiger partial charge in [0.1, 0.15) is 11.3 Å². The Morgan fingerprint density at radius 1 is 1.24 bits per heavy atom. The molecule has 8 nitrogen and oxygen atoms in total. The first-order valence-corrected chi connectivity index (χ1v) is 11.6. The molecular weight excluding hydrogens is 446 g/mol. The highest BCUT2D eigenvalue weighted by atomic mass is 19.3. The van der Waals surface area contributed by atoms with Gasteiger partial charge in [-0.3, -0.25) is 9.59 Å². The van der Waals surface area contributed by atoms with Crippen LogP contribution in [0.15, 0.2) is 34.0 Å². The normalized spacial score (nSPS) is 23.7. The highest BCUT2D eigenvalue weighted by Gasteiger charge is 2.65. The summed E-state index contributed by atoms with van der Waals surface area (Å²) in [5.74, 6) is -4.85. The molecule has 0 unspecified atom stereocenters. The van der Waals surface area contributed by atoms with E-state index in [1.165, 1.54) is 12.4 Å². The predicted octanol–water partition coefficient (Wildman–Crippen LogP) is 3.55. The molecule has 1 atom stereocenters. The molecule has 1 aliphatic heterocycles. The number of carbonyl (C=O) groups is 1. The van der Waals surface area contributed by atoms with Crippen molar-refractivity contribution in [2.24, 2.45) is 10.8 Å². The van der Waals surface area contributed by atoms with Gasteiger partial charge in [0, 0.05) is 24.9 Å². The SMILES string of the molecule is CC1(C)CC(C)(C)CC(O)(C(F)(F)C(=O)N2CCC[C@H]2c2cc(Cn3ccc(=O)nc3)on2)C1. The molecule has 1 amide bonds. The van der Waals surface area contributed by atoms with Crippen molar-refractivity contribution in [3.63, 3.8) is 0 Å². The summed E-state index contributed by atoms with van der Waals surface area (Å²) < 4.78 is 38.4. The fourth-order valence-corrected chi connectivity index (χ4v) is 6.19. The second-order valence-corrected chi connectivity index (χ2v) is 11.4. The van der Waals surface area contributed by atoms with Crippen molar-refractivity contribution >= 4 is 5.91 Å². The summed E-state index contributed by atoms with van der Waals surface area (Å²) in [5.41, 5.74) is -3.44. The number of rotatable bonds is 5. The summed E-state index contributed by atoms with van der Waals surface area (Å²) in [5, 5.41) is 15.2.